The van der Waals surface area contributed by atoms with Crippen LogP contribution in [0.3, 0.4) is 0 Å². The lowest BCUT2D eigenvalue weighted by Crippen LogP contribution is -2.17. The molecule has 3 rings (SSSR count). The molecular weight excluding hydrogens is 249 g/mol. The van der Waals surface area contributed by atoms with Gasteiger partial charge < -0.3 is 5.32 Å². The van der Waals surface area contributed by atoms with Gasteiger partial charge >= 0.3 is 0 Å². The molecule has 3 nitrogen and oxygen atoms in total. The van der Waals surface area contributed by atoms with Gasteiger partial charge in [-0.25, -0.2) is 14.4 Å². The first-order valence-corrected chi connectivity index (χ1v) is 6.76. The molecule has 1 aliphatic heterocycles. The van der Waals surface area contributed by atoms with Crippen molar-refractivity contribution in [3.05, 3.63) is 48.3 Å². The number of hydrogen-bond donors (Lipinski definition) is 1. The van der Waals surface area contributed by atoms with Crippen LogP contribution in [0, 0.1) is 5.82 Å². The zero-order valence-corrected chi connectivity index (χ0v) is 10.5. The summed E-state index contributed by atoms with van der Waals surface area (Å²) in [5, 5.41) is 3.36. The van der Waals surface area contributed by atoms with Gasteiger partial charge in [-0.05, 0) is 18.1 Å². The lowest BCUT2D eigenvalue weighted by atomic mass is 10.0. The average molecular weight is 261 g/mol. The number of thioether (sulfide) groups is 1. The highest BCUT2D eigenvalue weighted by Gasteiger charge is 2.22. The Bertz CT molecular complexity index is 547. The Labute approximate surface area is 109 Å². The first-order valence-electron chi connectivity index (χ1n) is 5.77. The van der Waals surface area contributed by atoms with Crippen molar-refractivity contribution in [3.8, 4) is 0 Å². The number of rotatable bonds is 2. The molecule has 5 heteroatoms. The standard InChI is InChI=1S/C13H12FN3S/c14-11-3-1-2-10-12(4-5-18-13(10)11)17-9-6-15-8-16-7-9/h1-3,6-8,12,17H,4-5H2. The molecule has 1 N–H and O–H groups in total. The van der Waals surface area contributed by atoms with E-state index >= 15 is 0 Å². The van der Waals surface area contributed by atoms with Gasteiger partial charge in [-0.3, -0.25) is 0 Å². The van der Waals surface area contributed by atoms with Crippen molar-refractivity contribution in [2.75, 3.05) is 11.1 Å². The molecule has 0 fully saturated rings. The highest BCUT2D eigenvalue weighted by molar-refractivity contribution is 7.99. The second-order valence-corrected chi connectivity index (χ2v) is 5.22. The molecule has 1 aliphatic rings. The Morgan fingerprint density at radius 3 is 2.94 bits per heavy atom. The first-order chi connectivity index (χ1) is 8.84. The molecule has 2 heterocycles. The molecule has 0 spiro atoms. The van der Waals surface area contributed by atoms with Gasteiger partial charge in [-0.2, -0.15) is 0 Å². The molecule has 1 aromatic carbocycles. The number of benzene rings is 1. The average Bonchev–Trinajstić information content (AvgIpc) is 2.41. The van der Waals surface area contributed by atoms with Crippen LogP contribution in [0.2, 0.25) is 0 Å². The summed E-state index contributed by atoms with van der Waals surface area (Å²) in [6.07, 6.45) is 5.92. The molecule has 0 amide bonds. The number of halogens is 1. The molecule has 1 atom stereocenters. The molecule has 0 aliphatic carbocycles. The van der Waals surface area contributed by atoms with E-state index in [9.17, 15) is 4.39 Å². The lowest BCUT2D eigenvalue weighted by Gasteiger charge is -2.26. The summed E-state index contributed by atoms with van der Waals surface area (Å²) in [4.78, 5) is 8.70. The van der Waals surface area contributed by atoms with Crippen LogP contribution in [0.5, 0.6) is 0 Å². The van der Waals surface area contributed by atoms with E-state index in [4.69, 9.17) is 0 Å². The van der Waals surface area contributed by atoms with Crippen molar-refractivity contribution < 1.29 is 4.39 Å². The summed E-state index contributed by atoms with van der Waals surface area (Å²) < 4.78 is 13.7. The largest absolute Gasteiger partial charge is 0.376 e. The van der Waals surface area contributed by atoms with Crippen LogP contribution < -0.4 is 5.32 Å². The quantitative estimate of drug-likeness (QED) is 0.900. The van der Waals surface area contributed by atoms with Crippen LogP contribution in [0.4, 0.5) is 10.1 Å². The third kappa shape index (κ3) is 2.18. The fraction of sp³-hybridized carbons (Fsp3) is 0.231. The molecule has 1 unspecified atom stereocenters. The maximum Gasteiger partial charge on any atom is 0.137 e. The summed E-state index contributed by atoms with van der Waals surface area (Å²) in [7, 11) is 0. The molecule has 0 saturated heterocycles. The SMILES string of the molecule is Fc1cccc2c1SCCC2Nc1cncnc1. The van der Waals surface area contributed by atoms with Gasteiger partial charge in [-0.15, -0.1) is 11.8 Å². The number of fused-ring (bicyclic) bond motifs is 1. The lowest BCUT2D eigenvalue weighted by molar-refractivity contribution is 0.585. The van der Waals surface area contributed by atoms with Crippen LogP contribution >= 0.6 is 11.8 Å². The minimum Gasteiger partial charge on any atom is -0.376 e. The maximum absolute atomic E-state index is 13.7. The molecule has 92 valence electrons. The molecule has 0 saturated carbocycles. The van der Waals surface area contributed by atoms with E-state index in [0.29, 0.717) is 0 Å². The number of anilines is 1. The number of nitrogens with zero attached hydrogens (tertiary/aromatic N) is 2. The third-order valence-electron chi connectivity index (χ3n) is 2.93. The van der Waals surface area contributed by atoms with Gasteiger partial charge in [-0.1, -0.05) is 12.1 Å². The predicted octanol–water partition coefficient (Wildman–Crippen LogP) is 3.26. The highest BCUT2D eigenvalue weighted by Crippen LogP contribution is 2.39. The van der Waals surface area contributed by atoms with E-state index in [1.54, 1.807) is 30.2 Å². The topological polar surface area (TPSA) is 37.8 Å². The monoisotopic (exact) mass is 261 g/mol. The second kappa shape index (κ2) is 4.94. The normalized spacial score (nSPS) is 18.2. The molecule has 0 radical (unpaired) electrons. The molecule has 1 aromatic heterocycles. The van der Waals surface area contributed by atoms with E-state index in [-0.39, 0.29) is 11.9 Å². The fourth-order valence-electron chi connectivity index (χ4n) is 2.11. The van der Waals surface area contributed by atoms with Crippen molar-refractivity contribution in [2.45, 2.75) is 17.4 Å². The van der Waals surface area contributed by atoms with Crippen LogP contribution in [0.25, 0.3) is 0 Å². The van der Waals surface area contributed by atoms with E-state index < -0.39 is 0 Å². The molecule has 2 aromatic rings. The first kappa shape index (κ1) is 11.5. The Morgan fingerprint density at radius 1 is 1.28 bits per heavy atom. The van der Waals surface area contributed by atoms with Gasteiger partial charge in [0.15, 0.2) is 0 Å². The smallest absolute Gasteiger partial charge is 0.137 e. The summed E-state index contributed by atoms with van der Waals surface area (Å²) in [6, 6.07) is 5.38. The zero-order chi connectivity index (χ0) is 12.4. The number of nitrogens with one attached hydrogen (secondary N) is 1. The van der Waals surface area contributed by atoms with Crippen molar-refractivity contribution in [2.24, 2.45) is 0 Å². The third-order valence-corrected chi connectivity index (χ3v) is 4.09. The van der Waals surface area contributed by atoms with Crippen molar-refractivity contribution in [1.29, 1.82) is 0 Å². The van der Waals surface area contributed by atoms with Gasteiger partial charge in [0.25, 0.3) is 0 Å². The van der Waals surface area contributed by atoms with Crippen molar-refractivity contribution >= 4 is 17.4 Å². The van der Waals surface area contributed by atoms with Crippen LogP contribution in [-0.2, 0) is 0 Å². The summed E-state index contributed by atoms with van der Waals surface area (Å²) in [5.41, 5.74) is 1.89. The van der Waals surface area contributed by atoms with Crippen LogP contribution in [0.15, 0.2) is 41.8 Å². The Balaban J connectivity index is 1.90. The van der Waals surface area contributed by atoms with Crippen molar-refractivity contribution in [1.82, 2.24) is 9.97 Å². The Hall–Kier alpha value is -1.62. The van der Waals surface area contributed by atoms with Gasteiger partial charge in [0, 0.05) is 10.6 Å². The summed E-state index contributed by atoms with van der Waals surface area (Å²) in [5.74, 6) is 0.785. The molecular formula is C13H12FN3S. The van der Waals surface area contributed by atoms with Crippen LogP contribution in [0.1, 0.15) is 18.0 Å². The Morgan fingerprint density at radius 2 is 2.11 bits per heavy atom. The van der Waals surface area contributed by atoms with Gasteiger partial charge in [0.1, 0.15) is 12.1 Å². The molecule has 0 bridgehead atoms. The minimum absolute atomic E-state index is 0.128. The fourth-order valence-corrected chi connectivity index (χ4v) is 3.25. The van der Waals surface area contributed by atoms with E-state index in [1.807, 2.05) is 6.07 Å². The minimum atomic E-state index is -0.131. The van der Waals surface area contributed by atoms with Gasteiger partial charge in [0.05, 0.1) is 24.1 Å². The highest BCUT2D eigenvalue weighted by atomic mass is 32.2. The van der Waals surface area contributed by atoms with Crippen molar-refractivity contribution in [3.63, 3.8) is 0 Å². The van der Waals surface area contributed by atoms with Crippen LogP contribution in [-0.4, -0.2) is 15.7 Å². The summed E-state index contributed by atoms with van der Waals surface area (Å²) >= 11 is 1.58. The Kier molecular flexibility index (Phi) is 3.15. The van der Waals surface area contributed by atoms with E-state index in [2.05, 4.69) is 15.3 Å². The number of aromatic nitrogens is 2. The number of hydrogen-bond acceptors (Lipinski definition) is 4. The predicted molar refractivity (Wildman–Crippen MR) is 70.1 cm³/mol. The zero-order valence-electron chi connectivity index (χ0n) is 9.64. The molecule has 18 heavy (non-hydrogen) atoms. The second-order valence-electron chi connectivity index (χ2n) is 4.12. The van der Waals surface area contributed by atoms with Gasteiger partial charge in [0.2, 0.25) is 0 Å². The van der Waals surface area contributed by atoms with E-state index in [1.165, 1.54) is 12.4 Å². The maximum atomic E-state index is 13.7. The summed E-state index contributed by atoms with van der Waals surface area (Å²) in [6.45, 7) is 0. The van der Waals surface area contributed by atoms with E-state index in [0.717, 1.165) is 28.3 Å².